The van der Waals surface area contributed by atoms with Crippen molar-refractivity contribution in [3.05, 3.63) is 65.4 Å². The van der Waals surface area contributed by atoms with Gasteiger partial charge >= 0.3 is 6.18 Å². The molecule has 1 amide bonds. The van der Waals surface area contributed by atoms with Crippen LogP contribution in [0.3, 0.4) is 0 Å². The number of aromatic nitrogens is 1. The van der Waals surface area contributed by atoms with Crippen molar-refractivity contribution in [2.45, 2.75) is 31.5 Å². The predicted octanol–water partition coefficient (Wildman–Crippen LogP) is 4.95. The van der Waals surface area contributed by atoms with Gasteiger partial charge in [-0.3, -0.25) is 9.78 Å². The number of anilines is 1. The number of rotatable bonds is 6. The summed E-state index contributed by atoms with van der Waals surface area (Å²) in [4.78, 5) is 17.4. The molecular formula is C23H22F3N3O2. The van der Waals surface area contributed by atoms with E-state index in [0.29, 0.717) is 35.4 Å². The molecule has 31 heavy (non-hydrogen) atoms. The minimum Gasteiger partial charge on any atom is -0.497 e. The number of pyridine rings is 1. The van der Waals surface area contributed by atoms with Gasteiger partial charge in [-0.2, -0.15) is 13.2 Å². The lowest BCUT2D eigenvalue weighted by Crippen LogP contribution is -2.35. The zero-order valence-corrected chi connectivity index (χ0v) is 17.1. The number of aryl methyl sites for hydroxylation is 1. The molecule has 1 aliphatic carbocycles. The smallest absolute Gasteiger partial charge is 0.405 e. The second kappa shape index (κ2) is 7.76. The molecule has 0 bridgehead atoms. The predicted molar refractivity (Wildman–Crippen MR) is 112 cm³/mol. The van der Waals surface area contributed by atoms with Crippen LogP contribution in [0, 0.1) is 6.92 Å². The number of carbonyl (C=O) groups excluding carboxylic acids is 1. The Kier molecular flexibility index (Phi) is 5.24. The first kappa shape index (κ1) is 21.0. The summed E-state index contributed by atoms with van der Waals surface area (Å²) in [5.74, 6) is 0.327. The van der Waals surface area contributed by atoms with E-state index in [4.69, 9.17) is 4.74 Å². The van der Waals surface area contributed by atoms with Gasteiger partial charge in [0.25, 0.3) is 5.91 Å². The molecule has 0 saturated heterocycles. The Bertz CT molecular complexity index is 1140. The Labute approximate surface area is 177 Å². The van der Waals surface area contributed by atoms with Crippen molar-refractivity contribution in [2.24, 2.45) is 0 Å². The largest absolute Gasteiger partial charge is 0.497 e. The number of alkyl halides is 3. The van der Waals surface area contributed by atoms with Gasteiger partial charge in [0.2, 0.25) is 0 Å². The van der Waals surface area contributed by atoms with Crippen molar-refractivity contribution in [1.29, 1.82) is 0 Å². The Hall–Kier alpha value is -3.29. The van der Waals surface area contributed by atoms with Crippen LogP contribution in [0.1, 0.15) is 34.3 Å². The Morgan fingerprint density at radius 2 is 1.97 bits per heavy atom. The Balaban J connectivity index is 1.69. The molecule has 1 aliphatic rings. The van der Waals surface area contributed by atoms with E-state index in [-0.39, 0.29) is 5.91 Å². The molecule has 1 aromatic heterocycles. The number of halogens is 3. The SMILES string of the molecule is COc1ccc(C)c(C(=O)NC2(c3cc(NCC(F)(F)F)cc4ncccc34)CC2)c1. The lowest BCUT2D eigenvalue weighted by molar-refractivity contribution is -0.115. The maximum absolute atomic E-state index is 13.1. The number of benzene rings is 2. The minimum absolute atomic E-state index is 0.250. The Morgan fingerprint density at radius 3 is 2.65 bits per heavy atom. The summed E-state index contributed by atoms with van der Waals surface area (Å²) in [7, 11) is 1.54. The summed E-state index contributed by atoms with van der Waals surface area (Å²) in [6.07, 6.45) is -1.37. The van der Waals surface area contributed by atoms with E-state index < -0.39 is 18.3 Å². The lowest BCUT2D eigenvalue weighted by atomic mass is 9.97. The topological polar surface area (TPSA) is 63.2 Å². The van der Waals surface area contributed by atoms with E-state index in [2.05, 4.69) is 15.6 Å². The molecule has 2 aromatic carbocycles. The van der Waals surface area contributed by atoms with Crippen molar-refractivity contribution in [3.8, 4) is 5.75 Å². The normalized spacial score (nSPS) is 14.9. The van der Waals surface area contributed by atoms with Gasteiger partial charge in [-0.1, -0.05) is 12.1 Å². The highest BCUT2D eigenvalue weighted by molar-refractivity contribution is 5.97. The van der Waals surface area contributed by atoms with Gasteiger partial charge in [0.15, 0.2) is 0 Å². The van der Waals surface area contributed by atoms with Gasteiger partial charge in [0, 0.05) is 22.8 Å². The lowest BCUT2D eigenvalue weighted by Gasteiger charge is -2.22. The molecule has 1 saturated carbocycles. The highest BCUT2D eigenvalue weighted by Gasteiger charge is 2.47. The van der Waals surface area contributed by atoms with Crippen LogP contribution in [0.15, 0.2) is 48.7 Å². The molecule has 8 heteroatoms. The first-order valence-electron chi connectivity index (χ1n) is 9.88. The van der Waals surface area contributed by atoms with Crippen LogP contribution in [0.5, 0.6) is 5.75 Å². The first-order chi connectivity index (χ1) is 14.7. The minimum atomic E-state index is -4.34. The third kappa shape index (κ3) is 4.42. The number of ether oxygens (including phenoxy) is 1. The van der Waals surface area contributed by atoms with Crippen LogP contribution in [-0.2, 0) is 5.54 Å². The van der Waals surface area contributed by atoms with Gasteiger partial charge in [-0.15, -0.1) is 0 Å². The van der Waals surface area contributed by atoms with Gasteiger partial charge < -0.3 is 15.4 Å². The van der Waals surface area contributed by atoms with Gasteiger partial charge in [0.1, 0.15) is 12.3 Å². The van der Waals surface area contributed by atoms with Crippen LogP contribution in [0.2, 0.25) is 0 Å². The Morgan fingerprint density at radius 1 is 1.19 bits per heavy atom. The third-order valence-corrected chi connectivity index (χ3v) is 5.52. The van der Waals surface area contributed by atoms with Crippen molar-refractivity contribution in [3.63, 3.8) is 0 Å². The quantitative estimate of drug-likeness (QED) is 0.582. The molecular weight excluding hydrogens is 407 g/mol. The first-order valence-corrected chi connectivity index (χ1v) is 9.88. The van der Waals surface area contributed by atoms with Gasteiger partial charge in [-0.05, 0) is 61.2 Å². The molecule has 1 fully saturated rings. The van der Waals surface area contributed by atoms with Crippen LogP contribution in [0.25, 0.3) is 10.9 Å². The number of hydrogen-bond donors (Lipinski definition) is 2. The third-order valence-electron chi connectivity index (χ3n) is 5.52. The molecule has 0 radical (unpaired) electrons. The number of nitrogens with one attached hydrogen (secondary N) is 2. The summed E-state index contributed by atoms with van der Waals surface area (Å²) in [5, 5.41) is 6.35. The zero-order chi connectivity index (χ0) is 22.2. The van der Waals surface area contributed by atoms with E-state index in [1.54, 1.807) is 36.5 Å². The molecule has 0 unspecified atom stereocenters. The van der Waals surface area contributed by atoms with Crippen molar-refractivity contribution in [2.75, 3.05) is 19.0 Å². The molecule has 0 atom stereocenters. The fourth-order valence-electron chi connectivity index (χ4n) is 3.73. The van der Waals surface area contributed by atoms with E-state index in [9.17, 15) is 18.0 Å². The monoisotopic (exact) mass is 429 g/mol. The number of hydrogen-bond acceptors (Lipinski definition) is 4. The van der Waals surface area contributed by atoms with Crippen LogP contribution >= 0.6 is 0 Å². The fraction of sp³-hybridized carbons (Fsp3) is 0.304. The summed E-state index contributed by atoms with van der Waals surface area (Å²) in [6.45, 7) is 0.696. The molecule has 4 rings (SSSR count). The number of amides is 1. The number of fused-ring (bicyclic) bond motifs is 1. The van der Waals surface area contributed by atoms with Crippen LogP contribution in [0.4, 0.5) is 18.9 Å². The maximum Gasteiger partial charge on any atom is 0.405 e. The second-order valence-electron chi connectivity index (χ2n) is 7.78. The van der Waals surface area contributed by atoms with Crippen molar-refractivity contribution in [1.82, 2.24) is 10.3 Å². The molecule has 162 valence electrons. The van der Waals surface area contributed by atoms with Gasteiger partial charge in [-0.25, -0.2) is 0 Å². The van der Waals surface area contributed by atoms with E-state index >= 15 is 0 Å². The number of methoxy groups -OCH3 is 1. The highest BCUT2D eigenvalue weighted by Crippen LogP contribution is 2.49. The van der Waals surface area contributed by atoms with Crippen molar-refractivity contribution < 1.29 is 22.7 Å². The molecule has 0 aliphatic heterocycles. The summed E-state index contributed by atoms with van der Waals surface area (Å²) in [5.41, 5.74) is 2.31. The van der Waals surface area contributed by atoms with Gasteiger partial charge in [0.05, 0.1) is 18.2 Å². The highest BCUT2D eigenvalue weighted by atomic mass is 19.4. The van der Waals surface area contributed by atoms with Crippen LogP contribution in [-0.4, -0.2) is 30.7 Å². The number of carbonyl (C=O) groups is 1. The summed E-state index contributed by atoms with van der Waals surface area (Å²) in [6, 6.07) is 12.2. The van der Waals surface area contributed by atoms with E-state index in [1.165, 1.54) is 7.11 Å². The summed E-state index contributed by atoms with van der Waals surface area (Å²) >= 11 is 0. The molecule has 1 heterocycles. The summed E-state index contributed by atoms with van der Waals surface area (Å²) < 4.78 is 43.4. The molecule has 3 aromatic rings. The van der Waals surface area contributed by atoms with Crippen LogP contribution < -0.4 is 15.4 Å². The fourth-order valence-corrected chi connectivity index (χ4v) is 3.73. The second-order valence-corrected chi connectivity index (χ2v) is 7.78. The van der Waals surface area contributed by atoms with Crippen molar-refractivity contribution >= 4 is 22.5 Å². The van der Waals surface area contributed by atoms with E-state index in [1.807, 2.05) is 19.1 Å². The number of nitrogens with zero attached hydrogens (tertiary/aromatic N) is 1. The van der Waals surface area contributed by atoms with E-state index in [0.717, 1.165) is 16.5 Å². The molecule has 0 spiro atoms. The zero-order valence-electron chi connectivity index (χ0n) is 17.1. The standard InChI is InChI=1S/C23H22F3N3O2/c1-14-5-6-16(31-2)12-18(14)21(30)29-22(7-8-22)19-10-15(28-13-23(24,25)26)11-20-17(19)4-3-9-27-20/h3-6,9-12,28H,7-8,13H2,1-2H3,(H,29,30). The average molecular weight is 429 g/mol. The molecule has 2 N–H and O–H groups in total. The molecule has 5 nitrogen and oxygen atoms in total. The maximum atomic E-state index is 13.1. The average Bonchev–Trinajstić information content (AvgIpc) is 3.51.